The van der Waals surface area contributed by atoms with Crippen molar-refractivity contribution < 1.29 is 23.8 Å². The van der Waals surface area contributed by atoms with E-state index in [-0.39, 0.29) is 25.1 Å². The van der Waals surface area contributed by atoms with Gasteiger partial charge in [-0.25, -0.2) is 0 Å². The van der Waals surface area contributed by atoms with Crippen molar-refractivity contribution in [1.82, 2.24) is 9.80 Å². The van der Waals surface area contributed by atoms with Crippen LogP contribution in [0, 0.1) is 0 Å². The first-order valence-electron chi connectivity index (χ1n) is 9.71. The van der Waals surface area contributed by atoms with Gasteiger partial charge in [-0.05, 0) is 48.9 Å². The topological polar surface area (TPSA) is 68.3 Å². The molecular formula is C22H24N2O5. The zero-order valence-corrected chi connectivity index (χ0v) is 16.4. The van der Waals surface area contributed by atoms with Gasteiger partial charge >= 0.3 is 0 Å². The molecule has 0 saturated carbocycles. The molecule has 1 fully saturated rings. The Morgan fingerprint density at radius 2 is 1.69 bits per heavy atom. The predicted molar refractivity (Wildman–Crippen MR) is 106 cm³/mol. The molecule has 0 aliphatic carbocycles. The molecule has 7 nitrogen and oxygen atoms in total. The molecule has 2 aromatic rings. The summed E-state index contributed by atoms with van der Waals surface area (Å²) in [5.41, 5.74) is 1.80. The number of amides is 1. The van der Waals surface area contributed by atoms with E-state index in [1.165, 1.54) is 12.5 Å². The van der Waals surface area contributed by atoms with Gasteiger partial charge in [0.05, 0.1) is 0 Å². The summed E-state index contributed by atoms with van der Waals surface area (Å²) in [7, 11) is 0. The van der Waals surface area contributed by atoms with Crippen molar-refractivity contribution in [1.29, 1.82) is 0 Å². The predicted octanol–water partition coefficient (Wildman–Crippen LogP) is 2.34. The van der Waals surface area contributed by atoms with Crippen LogP contribution >= 0.6 is 0 Å². The van der Waals surface area contributed by atoms with Crippen LogP contribution in [-0.2, 0) is 11.3 Å². The zero-order valence-electron chi connectivity index (χ0n) is 16.4. The first-order valence-corrected chi connectivity index (χ1v) is 9.71. The number of benzene rings is 2. The lowest BCUT2D eigenvalue weighted by Gasteiger charge is -2.34. The van der Waals surface area contributed by atoms with Crippen LogP contribution in [0.15, 0.2) is 42.5 Å². The molecule has 0 bridgehead atoms. The Labute approximate surface area is 169 Å². The summed E-state index contributed by atoms with van der Waals surface area (Å²) in [6, 6.07) is 12.9. The van der Waals surface area contributed by atoms with Crippen LogP contribution in [0.2, 0.25) is 0 Å². The molecule has 2 aromatic carbocycles. The fourth-order valence-corrected chi connectivity index (χ4v) is 3.48. The Kier molecular flexibility index (Phi) is 5.67. The van der Waals surface area contributed by atoms with E-state index in [9.17, 15) is 9.59 Å². The highest BCUT2D eigenvalue weighted by Crippen LogP contribution is 2.32. The van der Waals surface area contributed by atoms with Gasteiger partial charge in [-0.3, -0.25) is 14.5 Å². The quantitative estimate of drug-likeness (QED) is 0.699. The van der Waals surface area contributed by atoms with Crippen molar-refractivity contribution in [3.05, 3.63) is 53.6 Å². The normalized spacial score (nSPS) is 16.0. The number of ketones is 1. The number of hydrogen-bond donors (Lipinski definition) is 0. The van der Waals surface area contributed by atoms with Crippen LogP contribution in [0.3, 0.4) is 0 Å². The monoisotopic (exact) mass is 396 g/mol. The van der Waals surface area contributed by atoms with Crippen molar-refractivity contribution in [2.24, 2.45) is 0 Å². The molecule has 0 N–H and O–H groups in total. The molecule has 2 heterocycles. The molecule has 2 aliphatic rings. The molecule has 0 aromatic heterocycles. The van der Waals surface area contributed by atoms with Gasteiger partial charge in [0, 0.05) is 38.3 Å². The molecule has 0 spiro atoms. The van der Waals surface area contributed by atoms with E-state index in [0.717, 1.165) is 31.1 Å². The van der Waals surface area contributed by atoms with Crippen molar-refractivity contribution in [2.75, 3.05) is 39.6 Å². The highest BCUT2D eigenvalue weighted by atomic mass is 16.7. The molecule has 0 atom stereocenters. The third kappa shape index (κ3) is 4.68. The maximum absolute atomic E-state index is 12.4. The first-order chi connectivity index (χ1) is 14.1. The molecule has 1 amide bonds. The standard InChI is InChI=1S/C22H24N2O5/c1-16(25)18-3-5-19(6-4-18)27-14-22(26)24-10-8-23(9-11-24)13-17-2-7-20-21(12-17)29-15-28-20/h2-7,12H,8-11,13-15H2,1H3. The van der Waals surface area contributed by atoms with Gasteiger partial charge in [0.15, 0.2) is 23.9 Å². The minimum Gasteiger partial charge on any atom is -0.484 e. The van der Waals surface area contributed by atoms with Gasteiger partial charge in [-0.15, -0.1) is 0 Å². The minimum atomic E-state index is -0.0247. The van der Waals surface area contributed by atoms with Crippen LogP contribution in [0.1, 0.15) is 22.8 Å². The average molecular weight is 396 g/mol. The van der Waals surface area contributed by atoms with E-state index in [2.05, 4.69) is 11.0 Å². The van der Waals surface area contributed by atoms with Crippen LogP contribution in [-0.4, -0.2) is 61.1 Å². The Hall–Kier alpha value is -3.06. The van der Waals surface area contributed by atoms with E-state index in [4.69, 9.17) is 14.2 Å². The lowest BCUT2D eigenvalue weighted by Crippen LogP contribution is -2.49. The van der Waals surface area contributed by atoms with Gasteiger partial charge in [-0.1, -0.05) is 6.07 Å². The van der Waals surface area contributed by atoms with Crippen LogP contribution in [0.4, 0.5) is 0 Å². The van der Waals surface area contributed by atoms with E-state index >= 15 is 0 Å². The summed E-state index contributed by atoms with van der Waals surface area (Å²) in [5, 5.41) is 0. The van der Waals surface area contributed by atoms with E-state index in [1.54, 1.807) is 24.3 Å². The lowest BCUT2D eigenvalue weighted by molar-refractivity contribution is -0.135. The molecule has 0 unspecified atom stereocenters. The fourth-order valence-electron chi connectivity index (χ4n) is 3.48. The molecule has 1 saturated heterocycles. The highest BCUT2D eigenvalue weighted by molar-refractivity contribution is 5.94. The Morgan fingerprint density at radius 3 is 2.41 bits per heavy atom. The van der Waals surface area contributed by atoms with Crippen molar-refractivity contribution in [3.8, 4) is 17.2 Å². The maximum Gasteiger partial charge on any atom is 0.260 e. The summed E-state index contributed by atoms with van der Waals surface area (Å²) in [6.45, 7) is 5.60. The van der Waals surface area contributed by atoms with E-state index in [0.29, 0.717) is 24.4 Å². The third-order valence-corrected chi connectivity index (χ3v) is 5.19. The summed E-state index contributed by atoms with van der Waals surface area (Å²) < 4.78 is 16.4. The van der Waals surface area contributed by atoms with Crippen molar-refractivity contribution in [2.45, 2.75) is 13.5 Å². The summed E-state index contributed by atoms with van der Waals surface area (Å²) in [6.07, 6.45) is 0. The Morgan fingerprint density at radius 1 is 0.966 bits per heavy atom. The minimum absolute atomic E-state index is 0.00157. The number of carbonyl (C=O) groups is 2. The van der Waals surface area contributed by atoms with Gasteiger partial charge in [0.25, 0.3) is 5.91 Å². The van der Waals surface area contributed by atoms with E-state index in [1.807, 2.05) is 17.0 Å². The second-order valence-corrected chi connectivity index (χ2v) is 7.21. The van der Waals surface area contributed by atoms with Crippen molar-refractivity contribution in [3.63, 3.8) is 0 Å². The number of carbonyl (C=O) groups excluding carboxylic acids is 2. The SMILES string of the molecule is CC(=O)c1ccc(OCC(=O)N2CCN(Cc3ccc4c(c3)OCO4)CC2)cc1. The molecular weight excluding hydrogens is 372 g/mol. The summed E-state index contributed by atoms with van der Waals surface area (Å²) in [4.78, 5) is 27.9. The number of piperazine rings is 1. The highest BCUT2D eigenvalue weighted by Gasteiger charge is 2.22. The number of ether oxygens (including phenoxy) is 3. The fraction of sp³-hybridized carbons (Fsp3) is 0.364. The Bertz CT molecular complexity index is 889. The summed E-state index contributed by atoms with van der Waals surface area (Å²) in [5.74, 6) is 2.16. The second-order valence-electron chi connectivity index (χ2n) is 7.21. The molecule has 29 heavy (non-hydrogen) atoms. The Balaban J connectivity index is 1.22. The number of hydrogen-bond acceptors (Lipinski definition) is 6. The number of fused-ring (bicyclic) bond motifs is 1. The van der Waals surface area contributed by atoms with Gasteiger partial charge in [-0.2, -0.15) is 0 Å². The van der Waals surface area contributed by atoms with Crippen molar-refractivity contribution >= 4 is 11.7 Å². The first kappa shape index (κ1) is 19.3. The van der Waals surface area contributed by atoms with Gasteiger partial charge in [0.1, 0.15) is 5.75 Å². The lowest BCUT2D eigenvalue weighted by atomic mass is 10.1. The summed E-state index contributed by atoms with van der Waals surface area (Å²) >= 11 is 0. The maximum atomic E-state index is 12.4. The van der Waals surface area contributed by atoms with Gasteiger partial charge in [0.2, 0.25) is 6.79 Å². The number of rotatable bonds is 6. The van der Waals surface area contributed by atoms with Crippen LogP contribution < -0.4 is 14.2 Å². The van der Waals surface area contributed by atoms with Crippen LogP contribution in [0.25, 0.3) is 0 Å². The molecule has 152 valence electrons. The van der Waals surface area contributed by atoms with E-state index < -0.39 is 0 Å². The zero-order chi connectivity index (χ0) is 20.2. The third-order valence-electron chi connectivity index (χ3n) is 5.19. The number of nitrogens with zero attached hydrogens (tertiary/aromatic N) is 2. The smallest absolute Gasteiger partial charge is 0.260 e. The largest absolute Gasteiger partial charge is 0.484 e. The molecule has 4 rings (SSSR count). The number of Topliss-reactive ketones (excluding diaryl/α,β-unsaturated/α-hetero) is 1. The molecule has 0 radical (unpaired) electrons. The second kappa shape index (κ2) is 8.53. The molecule has 2 aliphatic heterocycles. The van der Waals surface area contributed by atoms with Gasteiger partial charge < -0.3 is 19.1 Å². The van der Waals surface area contributed by atoms with Crippen LogP contribution in [0.5, 0.6) is 17.2 Å². The molecule has 7 heteroatoms. The average Bonchev–Trinajstić information content (AvgIpc) is 3.21.